The third kappa shape index (κ3) is 4.24. The number of aliphatic hydroxyl groups is 1. The lowest BCUT2D eigenvalue weighted by molar-refractivity contribution is -0.189. The molecule has 0 radical (unpaired) electrons. The van der Waals surface area contributed by atoms with E-state index in [4.69, 9.17) is 9.47 Å². The Hall–Kier alpha value is -0.610. The maximum Gasteiger partial charge on any atom is 0.304 e. The van der Waals surface area contributed by atoms with Crippen LogP contribution in [0.25, 0.3) is 0 Å². The van der Waals surface area contributed by atoms with Crippen molar-refractivity contribution in [2.45, 2.75) is 39.6 Å². The fourth-order valence-electron chi connectivity index (χ4n) is 1.09. The van der Waals surface area contributed by atoms with Crippen LogP contribution in [0.3, 0.4) is 0 Å². The van der Waals surface area contributed by atoms with Crippen molar-refractivity contribution in [3.8, 4) is 0 Å². The average molecular weight is 190 g/mol. The summed E-state index contributed by atoms with van der Waals surface area (Å²) in [6.07, 6.45) is -0.556. The molecule has 0 saturated carbocycles. The molecule has 0 amide bonds. The second-order valence-corrected chi connectivity index (χ2v) is 3.05. The van der Waals surface area contributed by atoms with E-state index >= 15 is 0 Å². The van der Waals surface area contributed by atoms with E-state index in [1.165, 1.54) is 14.0 Å². The highest BCUT2D eigenvalue weighted by molar-refractivity contribution is 5.66. The summed E-state index contributed by atoms with van der Waals surface area (Å²) in [5.41, 5.74) is 0. The number of aliphatic hydroxyl groups excluding tert-OH is 1. The molecule has 0 aliphatic heterocycles. The van der Waals surface area contributed by atoms with E-state index in [0.717, 1.165) is 0 Å². The van der Waals surface area contributed by atoms with Crippen LogP contribution in [0, 0.1) is 5.92 Å². The van der Waals surface area contributed by atoms with Gasteiger partial charge in [-0.25, -0.2) is 0 Å². The Morgan fingerprint density at radius 3 is 2.38 bits per heavy atom. The van der Waals surface area contributed by atoms with Crippen LogP contribution < -0.4 is 0 Å². The molecule has 0 rings (SSSR count). The topological polar surface area (TPSA) is 55.8 Å². The fraction of sp³-hybridized carbons (Fsp3) is 0.889. The lowest BCUT2D eigenvalue weighted by Crippen LogP contribution is -2.33. The van der Waals surface area contributed by atoms with Gasteiger partial charge in [0, 0.05) is 20.0 Å². The van der Waals surface area contributed by atoms with Crippen LogP contribution in [-0.2, 0) is 14.3 Å². The molecule has 0 aliphatic rings. The molecule has 0 bridgehead atoms. The van der Waals surface area contributed by atoms with Crippen LogP contribution in [0.15, 0.2) is 0 Å². The second kappa shape index (κ2) is 5.94. The molecule has 0 aliphatic carbocycles. The minimum atomic E-state index is -0.660. The Morgan fingerprint density at radius 2 is 2.08 bits per heavy atom. The standard InChI is InChI=1S/C9H18O4/c1-5-8(11)6(2)9(12-4)13-7(3)10/h6,8-9,11H,5H2,1-4H3. The first-order valence-corrected chi connectivity index (χ1v) is 4.41. The van der Waals surface area contributed by atoms with E-state index in [2.05, 4.69) is 0 Å². The Balaban J connectivity index is 4.13. The maximum absolute atomic E-state index is 10.6. The lowest BCUT2D eigenvalue weighted by Gasteiger charge is -2.25. The maximum atomic E-state index is 10.6. The van der Waals surface area contributed by atoms with Gasteiger partial charge in [-0.05, 0) is 6.42 Å². The molecule has 0 heterocycles. The zero-order valence-electron chi connectivity index (χ0n) is 8.61. The van der Waals surface area contributed by atoms with Gasteiger partial charge in [0.2, 0.25) is 6.29 Å². The average Bonchev–Trinajstić information content (AvgIpc) is 2.11. The predicted molar refractivity (Wildman–Crippen MR) is 48.0 cm³/mol. The van der Waals surface area contributed by atoms with Crippen molar-refractivity contribution in [2.24, 2.45) is 5.92 Å². The zero-order valence-corrected chi connectivity index (χ0v) is 8.61. The highest BCUT2D eigenvalue weighted by Crippen LogP contribution is 2.15. The summed E-state index contributed by atoms with van der Waals surface area (Å²) in [6.45, 7) is 4.96. The molecule has 3 unspecified atom stereocenters. The molecular formula is C9H18O4. The number of carbonyl (C=O) groups excluding carboxylic acids is 1. The minimum absolute atomic E-state index is 0.209. The number of hydrogen-bond donors (Lipinski definition) is 1. The van der Waals surface area contributed by atoms with E-state index in [1.807, 2.05) is 6.92 Å². The SMILES string of the molecule is CCC(O)C(C)C(OC)OC(C)=O. The number of esters is 1. The molecule has 3 atom stereocenters. The van der Waals surface area contributed by atoms with Gasteiger partial charge in [0.05, 0.1) is 6.10 Å². The van der Waals surface area contributed by atoms with Crippen LogP contribution in [-0.4, -0.2) is 30.6 Å². The number of ether oxygens (including phenoxy) is 2. The van der Waals surface area contributed by atoms with Crippen LogP contribution in [0.4, 0.5) is 0 Å². The highest BCUT2D eigenvalue weighted by Gasteiger charge is 2.25. The van der Waals surface area contributed by atoms with Crippen molar-refractivity contribution in [3.05, 3.63) is 0 Å². The molecule has 0 saturated heterocycles. The Morgan fingerprint density at radius 1 is 1.54 bits per heavy atom. The minimum Gasteiger partial charge on any atom is -0.436 e. The first kappa shape index (κ1) is 12.4. The van der Waals surface area contributed by atoms with Crippen LogP contribution in [0.5, 0.6) is 0 Å². The third-order valence-corrected chi connectivity index (χ3v) is 1.97. The van der Waals surface area contributed by atoms with Crippen molar-refractivity contribution >= 4 is 5.97 Å². The van der Waals surface area contributed by atoms with E-state index < -0.39 is 18.4 Å². The van der Waals surface area contributed by atoms with E-state index in [0.29, 0.717) is 6.42 Å². The predicted octanol–water partition coefficient (Wildman–Crippen LogP) is 0.929. The lowest BCUT2D eigenvalue weighted by atomic mass is 10.0. The van der Waals surface area contributed by atoms with Gasteiger partial charge < -0.3 is 14.6 Å². The van der Waals surface area contributed by atoms with Crippen LogP contribution >= 0.6 is 0 Å². The smallest absolute Gasteiger partial charge is 0.304 e. The number of methoxy groups -OCH3 is 1. The van der Waals surface area contributed by atoms with Gasteiger partial charge in [0.15, 0.2) is 0 Å². The van der Waals surface area contributed by atoms with Crippen molar-refractivity contribution < 1.29 is 19.4 Å². The van der Waals surface area contributed by atoms with E-state index in [-0.39, 0.29) is 5.92 Å². The van der Waals surface area contributed by atoms with Crippen molar-refractivity contribution in [1.82, 2.24) is 0 Å². The molecule has 1 N–H and O–H groups in total. The largest absolute Gasteiger partial charge is 0.436 e. The Labute approximate surface area is 78.8 Å². The monoisotopic (exact) mass is 190 g/mol. The summed E-state index contributed by atoms with van der Waals surface area (Å²) in [7, 11) is 1.45. The fourth-order valence-corrected chi connectivity index (χ4v) is 1.09. The second-order valence-electron chi connectivity index (χ2n) is 3.05. The van der Waals surface area contributed by atoms with Crippen LogP contribution in [0.2, 0.25) is 0 Å². The number of hydrogen-bond acceptors (Lipinski definition) is 4. The van der Waals surface area contributed by atoms with Gasteiger partial charge >= 0.3 is 5.97 Å². The first-order chi connectivity index (χ1) is 6.02. The summed E-state index contributed by atoms with van der Waals surface area (Å²) < 4.78 is 9.81. The summed E-state index contributed by atoms with van der Waals surface area (Å²) in [5, 5.41) is 9.47. The van der Waals surface area contributed by atoms with Crippen molar-refractivity contribution in [2.75, 3.05) is 7.11 Å². The summed E-state index contributed by atoms with van der Waals surface area (Å²) in [4.78, 5) is 10.6. The molecule has 0 aromatic rings. The normalized spacial score (nSPS) is 17.6. The molecule has 4 heteroatoms. The zero-order chi connectivity index (χ0) is 10.4. The summed E-state index contributed by atoms with van der Waals surface area (Å²) in [6, 6.07) is 0. The van der Waals surface area contributed by atoms with Gasteiger partial charge in [0.1, 0.15) is 0 Å². The van der Waals surface area contributed by atoms with Gasteiger partial charge in [-0.2, -0.15) is 0 Å². The highest BCUT2D eigenvalue weighted by atomic mass is 16.7. The van der Waals surface area contributed by atoms with E-state index in [9.17, 15) is 9.90 Å². The molecule has 78 valence electrons. The quantitative estimate of drug-likeness (QED) is 0.517. The van der Waals surface area contributed by atoms with Crippen LogP contribution in [0.1, 0.15) is 27.2 Å². The van der Waals surface area contributed by atoms with Gasteiger partial charge in [-0.1, -0.05) is 13.8 Å². The summed E-state index contributed by atoms with van der Waals surface area (Å²) >= 11 is 0. The molecule has 13 heavy (non-hydrogen) atoms. The van der Waals surface area contributed by atoms with Crippen molar-refractivity contribution in [1.29, 1.82) is 0 Å². The molecule has 4 nitrogen and oxygen atoms in total. The number of rotatable bonds is 5. The third-order valence-electron chi connectivity index (χ3n) is 1.97. The van der Waals surface area contributed by atoms with Crippen molar-refractivity contribution in [3.63, 3.8) is 0 Å². The Bertz CT molecular complexity index is 158. The Kier molecular flexibility index (Phi) is 5.66. The molecular weight excluding hydrogens is 172 g/mol. The van der Waals surface area contributed by atoms with Gasteiger partial charge in [-0.3, -0.25) is 4.79 Å². The molecule has 0 fully saturated rings. The molecule has 0 aromatic heterocycles. The van der Waals surface area contributed by atoms with E-state index in [1.54, 1.807) is 6.92 Å². The number of carbonyl (C=O) groups is 1. The molecule has 0 spiro atoms. The first-order valence-electron chi connectivity index (χ1n) is 4.41. The van der Waals surface area contributed by atoms with Gasteiger partial charge in [0.25, 0.3) is 0 Å². The van der Waals surface area contributed by atoms with Gasteiger partial charge in [-0.15, -0.1) is 0 Å². The molecule has 0 aromatic carbocycles. The summed E-state index contributed by atoms with van der Waals surface area (Å²) in [5.74, 6) is -0.610.